The van der Waals surface area contributed by atoms with Gasteiger partial charge in [-0.15, -0.1) is 0 Å². The van der Waals surface area contributed by atoms with Crippen molar-refractivity contribution in [3.63, 3.8) is 0 Å². The third-order valence-electron chi connectivity index (χ3n) is 3.60. The van der Waals surface area contributed by atoms with Crippen molar-refractivity contribution < 1.29 is 9.53 Å². The summed E-state index contributed by atoms with van der Waals surface area (Å²) in [5.41, 5.74) is 2.36. The lowest BCUT2D eigenvalue weighted by molar-refractivity contribution is -0.137. The Morgan fingerprint density at radius 2 is 1.91 bits per heavy atom. The molecule has 1 saturated heterocycles. The second-order valence-electron chi connectivity index (χ2n) is 5.62. The van der Waals surface area contributed by atoms with Gasteiger partial charge in [0.05, 0.1) is 35.1 Å². The minimum atomic E-state index is -0.0167. The predicted octanol–water partition coefficient (Wildman–Crippen LogP) is 2.28. The Hall–Kier alpha value is -2.27. The maximum Gasteiger partial charge on any atom is 0.246 e. The Labute approximate surface area is 129 Å². The van der Waals surface area contributed by atoms with Crippen LogP contribution in [0.25, 0.3) is 17.1 Å². The summed E-state index contributed by atoms with van der Waals surface area (Å²) in [4.78, 5) is 22.9. The van der Waals surface area contributed by atoms with E-state index in [9.17, 15) is 4.79 Å². The molecule has 0 radical (unpaired) electrons. The summed E-state index contributed by atoms with van der Waals surface area (Å²) < 4.78 is 5.64. The van der Waals surface area contributed by atoms with Crippen LogP contribution >= 0.6 is 0 Å². The van der Waals surface area contributed by atoms with Crippen LogP contribution in [-0.2, 0) is 9.53 Å². The molecule has 1 aliphatic heterocycles. The lowest BCUT2D eigenvalue weighted by atomic mass is 10.2. The summed E-state index contributed by atoms with van der Waals surface area (Å²) in [5, 5.41) is 0. The van der Waals surface area contributed by atoms with Crippen molar-refractivity contribution >= 4 is 23.0 Å². The van der Waals surface area contributed by atoms with Crippen molar-refractivity contribution in [2.45, 2.75) is 26.1 Å². The van der Waals surface area contributed by atoms with Crippen molar-refractivity contribution in [1.29, 1.82) is 0 Å². The molecule has 0 saturated carbocycles. The number of amides is 1. The lowest BCUT2D eigenvalue weighted by Crippen LogP contribution is -2.47. The molecule has 2 heterocycles. The van der Waals surface area contributed by atoms with Gasteiger partial charge in [0.15, 0.2) is 0 Å². The summed E-state index contributed by atoms with van der Waals surface area (Å²) >= 11 is 0. The van der Waals surface area contributed by atoms with Crippen molar-refractivity contribution in [2.24, 2.45) is 0 Å². The Kier molecular flexibility index (Phi) is 4.15. The van der Waals surface area contributed by atoms with Gasteiger partial charge in [0, 0.05) is 19.2 Å². The lowest BCUT2D eigenvalue weighted by Gasteiger charge is -2.34. The molecule has 0 aliphatic carbocycles. The van der Waals surface area contributed by atoms with Gasteiger partial charge in [0.1, 0.15) is 0 Å². The topological polar surface area (TPSA) is 55.3 Å². The first-order valence-corrected chi connectivity index (χ1v) is 7.46. The van der Waals surface area contributed by atoms with Gasteiger partial charge in [-0.3, -0.25) is 9.78 Å². The van der Waals surface area contributed by atoms with Crippen LogP contribution in [0, 0.1) is 0 Å². The molecule has 1 aliphatic rings. The van der Waals surface area contributed by atoms with Gasteiger partial charge in [0.25, 0.3) is 0 Å². The van der Waals surface area contributed by atoms with Crippen molar-refractivity contribution in [1.82, 2.24) is 14.9 Å². The van der Waals surface area contributed by atoms with Gasteiger partial charge in [-0.25, -0.2) is 4.98 Å². The molecule has 1 fully saturated rings. The number of morpholine rings is 1. The van der Waals surface area contributed by atoms with E-state index in [1.54, 1.807) is 18.3 Å². The van der Waals surface area contributed by atoms with Gasteiger partial charge < -0.3 is 9.64 Å². The Morgan fingerprint density at radius 1 is 1.23 bits per heavy atom. The number of carbonyl (C=O) groups excluding carboxylic acids is 1. The molecule has 5 heteroatoms. The normalized spacial score (nSPS) is 22.4. The van der Waals surface area contributed by atoms with Crippen LogP contribution in [0.15, 0.2) is 36.5 Å². The maximum atomic E-state index is 12.3. The Balaban J connectivity index is 1.73. The first kappa shape index (κ1) is 14.7. The van der Waals surface area contributed by atoms with Crippen LogP contribution in [0.5, 0.6) is 0 Å². The first-order valence-electron chi connectivity index (χ1n) is 7.46. The number of fused-ring (bicyclic) bond motifs is 1. The van der Waals surface area contributed by atoms with Crippen molar-refractivity contribution in [2.75, 3.05) is 13.1 Å². The maximum absolute atomic E-state index is 12.3. The smallest absolute Gasteiger partial charge is 0.246 e. The summed E-state index contributed by atoms with van der Waals surface area (Å²) in [6, 6.07) is 7.67. The summed E-state index contributed by atoms with van der Waals surface area (Å²) in [6.07, 6.45) is 5.09. The summed E-state index contributed by atoms with van der Waals surface area (Å²) in [7, 11) is 0. The zero-order valence-electron chi connectivity index (χ0n) is 12.8. The molecular formula is C17H19N3O2. The van der Waals surface area contributed by atoms with E-state index in [1.807, 2.05) is 43.0 Å². The summed E-state index contributed by atoms with van der Waals surface area (Å²) in [5.74, 6) is -0.0167. The van der Waals surface area contributed by atoms with E-state index in [2.05, 4.69) is 9.97 Å². The zero-order valence-corrected chi connectivity index (χ0v) is 12.8. The highest BCUT2D eigenvalue weighted by molar-refractivity contribution is 5.91. The number of hydrogen-bond donors (Lipinski definition) is 0. The van der Waals surface area contributed by atoms with Gasteiger partial charge in [-0.2, -0.15) is 0 Å². The molecule has 22 heavy (non-hydrogen) atoms. The Morgan fingerprint density at radius 3 is 2.64 bits per heavy atom. The second kappa shape index (κ2) is 6.23. The molecule has 1 aromatic heterocycles. The Bertz CT molecular complexity index is 704. The fourth-order valence-corrected chi connectivity index (χ4v) is 2.67. The van der Waals surface area contributed by atoms with E-state index >= 15 is 0 Å². The van der Waals surface area contributed by atoms with E-state index in [0.717, 1.165) is 11.0 Å². The number of para-hydroxylation sites is 2. The number of hydrogen-bond acceptors (Lipinski definition) is 4. The van der Waals surface area contributed by atoms with Crippen LogP contribution in [0.2, 0.25) is 0 Å². The average Bonchev–Trinajstić information content (AvgIpc) is 2.51. The monoisotopic (exact) mass is 297 g/mol. The van der Waals surface area contributed by atoms with E-state index < -0.39 is 0 Å². The fourth-order valence-electron chi connectivity index (χ4n) is 2.67. The van der Waals surface area contributed by atoms with Gasteiger partial charge in [-0.1, -0.05) is 12.1 Å². The van der Waals surface area contributed by atoms with Gasteiger partial charge >= 0.3 is 0 Å². The molecular weight excluding hydrogens is 278 g/mol. The van der Waals surface area contributed by atoms with E-state index in [4.69, 9.17) is 4.74 Å². The quantitative estimate of drug-likeness (QED) is 0.798. The molecule has 5 nitrogen and oxygen atoms in total. The first-order chi connectivity index (χ1) is 10.6. The van der Waals surface area contributed by atoms with Crippen LogP contribution in [0.3, 0.4) is 0 Å². The number of rotatable bonds is 2. The number of nitrogens with zero attached hydrogens (tertiary/aromatic N) is 3. The minimum Gasteiger partial charge on any atom is -0.372 e. The largest absolute Gasteiger partial charge is 0.372 e. The van der Waals surface area contributed by atoms with Crippen LogP contribution in [0.1, 0.15) is 19.5 Å². The SMILES string of the molecule is C[C@@H]1CN(C(=O)/C=C/c2cnc3ccccc3n2)C[C@H](C)O1. The van der Waals surface area contributed by atoms with Crippen LogP contribution < -0.4 is 0 Å². The zero-order chi connectivity index (χ0) is 15.5. The molecule has 3 rings (SSSR count). The molecule has 0 N–H and O–H groups in total. The molecule has 0 spiro atoms. The number of carbonyl (C=O) groups is 1. The molecule has 2 aromatic rings. The predicted molar refractivity (Wildman–Crippen MR) is 85.2 cm³/mol. The molecule has 2 atom stereocenters. The highest BCUT2D eigenvalue weighted by atomic mass is 16.5. The van der Waals surface area contributed by atoms with E-state index in [-0.39, 0.29) is 18.1 Å². The van der Waals surface area contributed by atoms with E-state index in [1.165, 1.54) is 0 Å². The molecule has 0 bridgehead atoms. The molecule has 1 amide bonds. The molecule has 1 aromatic carbocycles. The standard InChI is InChI=1S/C17H19N3O2/c1-12-10-20(11-13(2)22-12)17(21)8-7-14-9-18-15-5-3-4-6-16(15)19-14/h3-9,12-13H,10-11H2,1-2H3/b8-7+/t12-,13+. The van der Waals surface area contributed by atoms with Crippen LogP contribution in [0.4, 0.5) is 0 Å². The highest BCUT2D eigenvalue weighted by Crippen LogP contribution is 2.12. The van der Waals surface area contributed by atoms with E-state index in [0.29, 0.717) is 18.8 Å². The highest BCUT2D eigenvalue weighted by Gasteiger charge is 2.24. The van der Waals surface area contributed by atoms with Gasteiger partial charge in [0.2, 0.25) is 5.91 Å². The number of ether oxygens (including phenoxy) is 1. The third-order valence-corrected chi connectivity index (χ3v) is 3.60. The third kappa shape index (κ3) is 3.31. The average molecular weight is 297 g/mol. The summed E-state index contributed by atoms with van der Waals surface area (Å²) in [6.45, 7) is 5.21. The molecule has 0 unspecified atom stereocenters. The minimum absolute atomic E-state index is 0.0167. The second-order valence-corrected chi connectivity index (χ2v) is 5.62. The fraction of sp³-hybridized carbons (Fsp3) is 0.353. The van der Waals surface area contributed by atoms with Crippen molar-refractivity contribution in [3.05, 3.63) is 42.2 Å². The van der Waals surface area contributed by atoms with Gasteiger partial charge in [-0.05, 0) is 32.1 Å². The van der Waals surface area contributed by atoms with Crippen molar-refractivity contribution in [3.8, 4) is 0 Å². The number of aromatic nitrogens is 2. The number of benzene rings is 1. The molecule has 114 valence electrons. The van der Waals surface area contributed by atoms with Crippen LogP contribution in [-0.4, -0.2) is 46.1 Å².